The van der Waals surface area contributed by atoms with Gasteiger partial charge in [0.1, 0.15) is 0 Å². The van der Waals surface area contributed by atoms with Crippen molar-refractivity contribution >= 4 is 17.5 Å². The average molecular weight is 436 g/mol. The first kappa shape index (κ1) is 22.2. The molecule has 0 unspecified atom stereocenters. The summed E-state index contributed by atoms with van der Waals surface area (Å²) in [7, 11) is 3.43. The van der Waals surface area contributed by atoms with Crippen LogP contribution in [-0.2, 0) is 0 Å². The second kappa shape index (κ2) is 9.27. The minimum absolute atomic E-state index is 0.0323. The molecule has 7 nitrogen and oxygen atoms in total. The van der Waals surface area contributed by atoms with Gasteiger partial charge >= 0.3 is 0 Å². The SMILES string of the molecule is Cc1ccc(C(=O)N2CCCC[C@H]2c2ncc(C(=O)N(C)C)c(C)n2)cc1N1CCCC1. The molecule has 0 spiro atoms. The molecule has 1 aromatic carbocycles. The van der Waals surface area contributed by atoms with Gasteiger partial charge in [0.15, 0.2) is 5.82 Å². The van der Waals surface area contributed by atoms with Gasteiger partial charge in [-0.3, -0.25) is 9.59 Å². The highest BCUT2D eigenvalue weighted by Gasteiger charge is 2.31. The fourth-order valence-corrected chi connectivity index (χ4v) is 4.75. The molecule has 0 saturated carbocycles. The number of carbonyl (C=O) groups excluding carboxylic acids is 2. The first-order chi connectivity index (χ1) is 15.4. The van der Waals surface area contributed by atoms with E-state index in [9.17, 15) is 9.59 Å². The van der Waals surface area contributed by atoms with Gasteiger partial charge < -0.3 is 14.7 Å². The monoisotopic (exact) mass is 435 g/mol. The Labute approximate surface area is 190 Å². The Hall–Kier alpha value is -2.96. The van der Waals surface area contributed by atoms with Gasteiger partial charge in [0, 0.05) is 51.2 Å². The lowest BCUT2D eigenvalue weighted by Crippen LogP contribution is -2.39. The molecule has 32 heavy (non-hydrogen) atoms. The number of carbonyl (C=O) groups is 2. The van der Waals surface area contributed by atoms with Crippen molar-refractivity contribution in [3.63, 3.8) is 0 Å². The zero-order valence-corrected chi connectivity index (χ0v) is 19.6. The van der Waals surface area contributed by atoms with E-state index in [1.807, 2.05) is 17.9 Å². The molecule has 3 heterocycles. The number of piperidine rings is 1. The van der Waals surface area contributed by atoms with E-state index in [2.05, 4.69) is 33.9 Å². The lowest BCUT2D eigenvalue weighted by Gasteiger charge is -2.35. The van der Waals surface area contributed by atoms with Crippen LogP contribution >= 0.6 is 0 Å². The van der Waals surface area contributed by atoms with Gasteiger partial charge in [-0.05, 0) is 63.6 Å². The number of rotatable bonds is 4. The van der Waals surface area contributed by atoms with E-state index >= 15 is 0 Å². The molecule has 0 radical (unpaired) electrons. The van der Waals surface area contributed by atoms with Crippen molar-refractivity contribution in [2.75, 3.05) is 38.6 Å². The van der Waals surface area contributed by atoms with Crippen molar-refractivity contribution in [3.05, 3.63) is 52.6 Å². The summed E-state index contributed by atoms with van der Waals surface area (Å²) >= 11 is 0. The summed E-state index contributed by atoms with van der Waals surface area (Å²) < 4.78 is 0. The molecule has 0 N–H and O–H groups in total. The molecule has 0 aliphatic carbocycles. The first-order valence-corrected chi connectivity index (χ1v) is 11.6. The zero-order chi connectivity index (χ0) is 22.8. The standard InChI is InChI=1S/C25H33N5O2/c1-17-10-11-19(15-22(17)29-12-7-8-13-29)24(31)30-14-6-5-9-21(30)23-26-16-20(18(2)27-23)25(32)28(3)4/h10-11,15-16,21H,5-9,12-14H2,1-4H3/t21-/m0/s1. The number of aromatic nitrogens is 2. The summed E-state index contributed by atoms with van der Waals surface area (Å²) in [6, 6.07) is 5.88. The summed E-state index contributed by atoms with van der Waals surface area (Å²) in [5.41, 5.74) is 4.25. The number of aryl methyl sites for hydroxylation is 2. The second-order valence-corrected chi connectivity index (χ2v) is 9.13. The number of hydrogen-bond donors (Lipinski definition) is 0. The number of likely N-dealkylation sites (tertiary alicyclic amines) is 1. The molecule has 2 aromatic rings. The highest BCUT2D eigenvalue weighted by molar-refractivity contribution is 5.96. The highest BCUT2D eigenvalue weighted by Crippen LogP contribution is 2.32. The van der Waals surface area contributed by atoms with Crippen molar-refractivity contribution in [2.45, 2.75) is 52.0 Å². The summed E-state index contributed by atoms with van der Waals surface area (Å²) in [5.74, 6) is 0.544. The Bertz CT molecular complexity index is 1010. The van der Waals surface area contributed by atoms with E-state index in [0.717, 1.165) is 37.9 Å². The van der Waals surface area contributed by atoms with Crippen LogP contribution in [0.1, 0.15) is 75.9 Å². The largest absolute Gasteiger partial charge is 0.371 e. The molecule has 2 amide bonds. The smallest absolute Gasteiger partial charge is 0.256 e. The zero-order valence-electron chi connectivity index (χ0n) is 19.6. The molecule has 2 saturated heterocycles. The van der Waals surface area contributed by atoms with Gasteiger partial charge in [-0.2, -0.15) is 0 Å². The lowest BCUT2D eigenvalue weighted by molar-refractivity contribution is 0.0598. The number of nitrogens with zero attached hydrogens (tertiary/aromatic N) is 5. The summed E-state index contributed by atoms with van der Waals surface area (Å²) in [6.07, 6.45) is 6.85. The lowest BCUT2D eigenvalue weighted by atomic mass is 9.99. The van der Waals surface area contributed by atoms with Crippen LogP contribution in [0.5, 0.6) is 0 Å². The number of amides is 2. The van der Waals surface area contributed by atoms with Crippen LogP contribution in [0.15, 0.2) is 24.4 Å². The van der Waals surface area contributed by atoms with Crippen LogP contribution < -0.4 is 4.90 Å². The van der Waals surface area contributed by atoms with Crippen molar-refractivity contribution in [1.82, 2.24) is 19.8 Å². The fourth-order valence-electron chi connectivity index (χ4n) is 4.75. The van der Waals surface area contributed by atoms with E-state index in [-0.39, 0.29) is 17.9 Å². The topological polar surface area (TPSA) is 69.6 Å². The molecule has 1 aromatic heterocycles. The van der Waals surface area contributed by atoms with Gasteiger partial charge in [-0.15, -0.1) is 0 Å². The maximum Gasteiger partial charge on any atom is 0.256 e. The Morgan fingerprint density at radius 1 is 1.03 bits per heavy atom. The maximum atomic E-state index is 13.6. The van der Waals surface area contributed by atoms with Crippen molar-refractivity contribution in [1.29, 1.82) is 0 Å². The van der Waals surface area contributed by atoms with E-state index in [4.69, 9.17) is 0 Å². The molecular weight excluding hydrogens is 402 g/mol. The van der Waals surface area contributed by atoms with Gasteiger partial charge in [-0.1, -0.05) is 6.07 Å². The average Bonchev–Trinajstić information content (AvgIpc) is 3.33. The third-order valence-corrected chi connectivity index (χ3v) is 6.60. The summed E-state index contributed by atoms with van der Waals surface area (Å²) in [5, 5.41) is 0. The van der Waals surface area contributed by atoms with Crippen molar-refractivity contribution in [3.8, 4) is 0 Å². The molecule has 0 bridgehead atoms. The van der Waals surface area contributed by atoms with Gasteiger partial charge in [0.25, 0.3) is 11.8 Å². The number of benzene rings is 1. The summed E-state index contributed by atoms with van der Waals surface area (Å²) in [6.45, 7) is 6.74. The normalized spacial score (nSPS) is 18.7. The maximum absolute atomic E-state index is 13.6. The van der Waals surface area contributed by atoms with Crippen molar-refractivity contribution < 1.29 is 9.59 Å². The Kier molecular flexibility index (Phi) is 6.44. The van der Waals surface area contributed by atoms with E-state index in [1.165, 1.54) is 29.0 Å². The molecule has 4 rings (SSSR count). The number of hydrogen-bond acceptors (Lipinski definition) is 5. The third kappa shape index (κ3) is 4.33. The van der Waals surface area contributed by atoms with Crippen molar-refractivity contribution in [2.24, 2.45) is 0 Å². The Balaban J connectivity index is 1.61. The fraction of sp³-hybridized carbons (Fsp3) is 0.520. The van der Waals surface area contributed by atoms with Crippen LogP contribution in [-0.4, -0.2) is 65.3 Å². The molecule has 7 heteroatoms. The molecule has 2 aliphatic heterocycles. The van der Waals surface area contributed by atoms with E-state index in [0.29, 0.717) is 23.6 Å². The predicted molar refractivity (Wildman–Crippen MR) is 125 cm³/mol. The highest BCUT2D eigenvalue weighted by atomic mass is 16.2. The first-order valence-electron chi connectivity index (χ1n) is 11.6. The van der Waals surface area contributed by atoms with Crippen LogP contribution in [0.25, 0.3) is 0 Å². The minimum Gasteiger partial charge on any atom is -0.371 e. The Morgan fingerprint density at radius 2 is 1.75 bits per heavy atom. The summed E-state index contributed by atoms with van der Waals surface area (Å²) in [4.78, 5) is 41.0. The van der Waals surface area contributed by atoms with E-state index < -0.39 is 0 Å². The minimum atomic E-state index is -0.171. The third-order valence-electron chi connectivity index (χ3n) is 6.60. The van der Waals surface area contributed by atoms with Crippen LogP contribution in [0, 0.1) is 13.8 Å². The molecule has 2 aliphatic rings. The molecule has 170 valence electrons. The molecule has 1 atom stereocenters. The van der Waals surface area contributed by atoms with Gasteiger partial charge in [0.2, 0.25) is 0 Å². The van der Waals surface area contributed by atoms with Crippen LogP contribution in [0.2, 0.25) is 0 Å². The van der Waals surface area contributed by atoms with Crippen LogP contribution in [0.4, 0.5) is 5.69 Å². The van der Waals surface area contributed by atoms with E-state index in [1.54, 1.807) is 20.3 Å². The van der Waals surface area contributed by atoms with Crippen LogP contribution in [0.3, 0.4) is 0 Å². The second-order valence-electron chi connectivity index (χ2n) is 9.13. The van der Waals surface area contributed by atoms with Gasteiger partial charge in [0.05, 0.1) is 17.3 Å². The molecular formula is C25H33N5O2. The quantitative estimate of drug-likeness (QED) is 0.731. The predicted octanol–water partition coefficient (Wildman–Crippen LogP) is 3.76. The molecule has 2 fully saturated rings. The Morgan fingerprint density at radius 3 is 2.44 bits per heavy atom. The van der Waals surface area contributed by atoms with Gasteiger partial charge in [-0.25, -0.2) is 9.97 Å². The number of anilines is 1.